The highest BCUT2D eigenvalue weighted by molar-refractivity contribution is 6.09. The maximum absolute atomic E-state index is 6.48. The van der Waals surface area contributed by atoms with Gasteiger partial charge in [0.1, 0.15) is 11.2 Å². The van der Waals surface area contributed by atoms with E-state index in [1.54, 1.807) is 0 Å². The van der Waals surface area contributed by atoms with Crippen molar-refractivity contribution in [3.63, 3.8) is 0 Å². The number of nitrogens with zero attached hydrogens (tertiary/aromatic N) is 1. The zero-order valence-corrected chi connectivity index (χ0v) is 35.2. The van der Waals surface area contributed by atoms with Gasteiger partial charge >= 0.3 is 0 Å². The van der Waals surface area contributed by atoms with E-state index in [1.807, 2.05) is 12.1 Å². The molecule has 0 saturated heterocycles. The molecule has 11 aromatic rings. The van der Waals surface area contributed by atoms with Crippen LogP contribution in [0.1, 0.15) is 25.0 Å². The molecule has 0 spiro atoms. The van der Waals surface area contributed by atoms with Crippen LogP contribution in [-0.4, -0.2) is 0 Å². The number of benzene rings is 10. The summed E-state index contributed by atoms with van der Waals surface area (Å²) in [5.74, 6) is 0. The second-order valence-electron chi connectivity index (χ2n) is 17.3. The molecular weight excluding hydrogens is 763 g/mol. The largest absolute Gasteiger partial charge is 0.455 e. The fraction of sp³-hybridized carbons (Fsp3) is 0.0492. The van der Waals surface area contributed by atoms with Gasteiger partial charge in [-0.3, -0.25) is 0 Å². The highest BCUT2D eigenvalue weighted by atomic mass is 16.3. The Morgan fingerprint density at radius 2 is 0.889 bits per heavy atom. The minimum atomic E-state index is -0.105. The van der Waals surface area contributed by atoms with Crippen molar-refractivity contribution in [3.05, 3.63) is 236 Å². The third kappa shape index (κ3) is 6.09. The van der Waals surface area contributed by atoms with Crippen molar-refractivity contribution >= 4 is 49.8 Å². The topological polar surface area (TPSA) is 16.4 Å². The fourth-order valence-corrected chi connectivity index (χ4v) is 10.1. The maximum Gasteiger partial charge on any atom is 0.143 e. The van der Waals surface area contributed by atoms with Crippen molar-refractivity contribution in [1.29, 1.82) is 0 Å². The number of furan rings is 1. The first-order valence-electron chi connectivity index (χ1n) is 21.8. The summed E-state index contributed by atoms with van der Waals surface area (Å²) < 4.78 is 6.48. The Hall–Kier alpha value is -7.94. The molecule has 0 N–H and O–H groups in total. The van der Waals surface area contributed by atoms with E-state index < -0.39 is 0 Å². The maximum atomic E-state index is 6.48. The summed E-state index contributed by atoms with van der Waals surface area (Å²) in [4.78, 5) is 2.39. The van der Waals surface area contributed by atoms with Crippen LogP contribution in [0.5, 0.6) is 0 Å². The van der Waals surface area contributed by atoms with Crippen molar-refractivity contribution < 1.29 is 4.42 Å². The second-order valence-corrected chi connectivity index (χ2v) is 17.3. The van der Waals surface area contributed by atoms with Crippen LogP contribution in [0, 0.1) is 0 Å². The Bertz CT molecular complexity index is 3520. The number of rotatable bonds is 7. The smallest absolute Gasteiger partial charge is 0.143 e. The van der Waals surface area contributed by atoms with Crippen LogP contribution in [0.15, 0.2) is 229 Å². The lowest BCUT2D eigenvalue weighted by molar-refractivity contribution is 0.660. The lowest BCUT2D eigenvalue weighted by Crippen LogP contribution is -2.14. The van der Waals surface area contributed by atoms with E-state index in [1.165, 1.54) is 66.4 Å². The van der Waals surface area contributed by atoms with E-state index in [4.69, 9.17) is 4.42 Å². The van der Waals surface area contributed by atoms with Crippen molar-refractivity contribution in [2.24, 2.45) is 0 Å². The van der Waals surface area contributed by atoms with Crippen LogP contribution >= 0.6 is 0 Å². The highest BCUT2D eigenvalue weighted by Crippen LogP contribution is 2.51. The third-order valence-electron chi connectivity index (χ3n) is 13.3. The number of anilines is 3. The summed E-state index contributed by atoms with van der Waals surface area (Å²) >= 11 is 0. The zero-order valence-electron chi connectivity index (χ0n) is 35.2. The van der Waals surface area contributed by atoms with Crippen LogP contribution < -0.4 is 4.90 Å². The van der Waals surface area contributed by atoms with Crippen molar-refractivity contribution in [3.8, 4) is 55.6 Å². The van der Waals surface area contributed by atoms with Gasteiger partial charge in [0.15, 0.2) is 0 Å². The predicted molar refractivity (Wildman–Crippen MR) is 265 cm³/mol. The van der Waals surface area contributed by atoms with Gasteiger partial charge in [0.25, 0.3) is 0 Å². The van der Waals surface area contributed by atoms with Gasteiger partial charge < -0.3 is 9.32 Å². The average molecular weight is 806 g/mol. The van der Waals surface area contributed by atoms with E-state index in [-0.39, 0.29) is 5.41 Å². The van der Waals surface area contributed by atoms with E-state index in [2.05, 4.69) is 231 Å². The molecule has 10 aromatic carbocycles. The SMILES string of the molecule is CC1(C)c2ccccc2-c2ccc(-c3ccc(N(c4ccc(-c5ccccc5)cc4)c4ccc(-c5cccc6c5oc5ccccc56)cc4)cc3-c3cccc4ccccc34)cc21. The average Bonchev–Trinajstić information content (AvgIpc) is 3.84. The molecule has 1 aliphatic carbocycles. The van der Waals surface area contributed by atoms with E-state index in [9.17, 15) is 0 Å². The van der Waals surface area contributed by atoms with E-state index in [0.29, 0.717) is 0 Å². The monoisotopic (exact) mass is 805 g/mol. The van der Waals surface area contributed by atoms with E-state index in [0.717, 1.165) is 50.1 Å². The Morgan fingerprint density at radius 3 is 1.71 bits per heavy atom. The quantitative estimate of drug-likeness (QED) is 0.160. The third-order valence-corrected chi connectivity index (χ3v) is 13.3. The highest BCUT2D eigenvalue weighted by Gasteiger charge is 2.35. The molecule has 1 heterocycles. The van der Waals surface area contributed by atoms with Gasteiger partial charge in [-0.1, -0.05) is 190 Å². The Kier molecular flexibility index (Phi) is 8.55. The second kappa shape index (κ2) is 14.6. The van der Waals surface area contributed by atoms with Crippen LogP contribution in [-0.2, 0) is 5.41 Å². The van der Waals surface area contributed by atoms with Crippen molar-refractivity contribution in [1.82, 2.24) is 0 Å². The molecule has 0 aliphatic heterocycles. The molecule has 1 aliphatic rings. The molecular formula is C61H43NO. The molecule has 0 fully saturated rings. The standard InChI is InChI=1S/C61H43NO/c1-61(2)57-24-10-8-19-52(57)53-36-30-44(38-58(53)61)49-37-35-47(39-56(49)51-22-12-17-42-16-6-7-18-48(42)51)62(45-31-26-41(27-32-45)40-14-4-3-5-15-40)46-33-28-43(29-34-46)50-21-13-23-55-54-20-9-11-25-59(54)63-60(50)55/h3-39H,1-2H3. The normalized spacial score (nSPS) is 12.7. The molecule has 2 nitrogen and oxygen atoms in total. The van der Waals surface area contributed by atoms with Gasteiger partial charge in [-0.15, -0.1) is 0 Å². The lowest BCUT2D eigenvalue weighted by Gasteiger charge is -2.27. The van der Waals surface area contributed by atoms with E-state index >= 15 is 0 Å². The first kappa shape index (κ1) is 36.9. The van der Waals surface area contributed by atoms with Gasteiger partial charge in [0.05, 0.1) is 0 Å². The molecule has 12 rings (SSSR count). The first-order chi connectivity index (χ1) is 31.0. The summed E-state index contributed by atoms with van der Waals surface area (Å²) in [6.45, 7) is 4.72. The molecule has 298 valence electrons. The minimum absolute atomic E-state index is 0.105. The summed E-state index contributed by atoms with van der Waals surface area (Å²) in [7, 11) is 0. The van der Waals surface area contributed by atoms with Gasteiger partial charge in [-0.05, 0) is 121 Å². The van der Waals surface area contributed by atoms with Gasteiger partial charge in [0, 0.05) is 38.8 Å². The Labute approximate surface area is 368 Å². The summed E-state index contributed by atoms with van der Waals surface area (Å²) in [6.07, 6.45) is 0. The number of hydrogen-bond donors (Lipinski definition) is 0. The molecule has 0 atom stereocenters. The first-order valence-corrected chi connectivity index (χ1v) is 21.8. The molecule has 63 heavy (non-hydrogen) atoms. The Morgan fingerprint density at radius 1 is 0.333 bits per heavy atom. The van der Waals surface area contributed by atoms with Crippen LogP contribution in [0.25, 0.3) is 88.3 Å². The molecule has 0 bridgehead atoms. The zero-order chi connectivity index (χ0) is 42.1. The van der Waals surface area contributed by atoms with Crippen molar-refractivity contribution in [2.75, 3.05) is 4.90 Å². The number of hydrogen-bond acceptors (Lipinski definition) is 2. The molecule has 0 saturated carbocycles. The van der Waals surface area contributed by atoms with Crippen molar-refractivity contribution in [2.45, 2.75) is 19.3 Å². The Balaban J connectivity index is 1.03. The number of fused-ring (bicyclic) bond motifs is 7. The van der Waals surface area contributed by atoms with Gasteiger partial charge in [-0.25, -0.2) is 0 Å². The molecule has 1 aromatic heterocycles. The molecule has 2 heteroatoms. The van der Waals surface area contributed by atoms with Gasteiger partial charge in [0.2, 0.25) is 0 Å². The summed E-state index contributed by atoms with van der Waals surface area (Å²) in [5, 5.41) is 4.72. The van der Waals surface area contributed by atoms with Crippen LogP contribution in [0.2, 0.25) is 0 Å². The summed E-state index contributed by atoms with van der Waals surface area (Å²) in [5.41, 5.74) is 19.7. The molecule has 0 unspecified atom stereocenters. The van der Waals surface area contributed by atoms with Crippen LogP contribution in [0.4, 0.5) is 17.1 Å². The predicted octanol–water partition coefficient (Wildman–Crippen LogP) is 17.2. The van der Waals surface area contributed by atoms with Gasteiger partial charge in [-0.2, -0.15) is 0 Å². The number of para-hydroxylation sites is 2. The van der Waals surface area contributed by atoms with Crippen LogP contribution in [0.3, 0.4) is 0 Å². The molecule has 0 radical (unpaired) electrons. The molecule has 0 amide bonds. The summed E-state index contributed by atoms with van der Waals surface area (Å²) in [6, 6.07) is 81.7. The lowest BCUT2D eigenvalue weighted by atomic mass is 9.81. The minimum Gasteiger partial charge on any atom is -0.455 e. The fourth-order valence-electron chi connectivity index (χ4n) is 10.1.